The standard InChI is InChI=1S/C19H14F6N2OS/c20-18(21,22)10-6-8-11(9-7-10)27-16(28)14-12-4-2-1-3-5-13(12)29-15(14)26-17(27)19(23,24)25/h6-9H,1-5H2. The van der Waals surface area contributed by atoms with Gasteiger partial charge in [0, 0.05) is 4.88 Å². The van der Waals surface area contributed by atoms with Gasteiger partial charge in [0.05, 0.1) is 16.6 Å². The van der Waals surface area contributed by atoms with Crippen molar-refractivity contribution in [1.29, 1.82) is 0 Å². The summed E-state index contributed by atoms with van der Waals surface area (Å²) in [6.07, 6.45) is -5.66. The third-order valence-electron chi connectivity index (χ3n) is 4.95. The van der Waals surface area contributed by atoms with Crippen LogP contribution in [-0.4, -0.2) is 9.55 Å². The number of alkyl halides is 6. The monoisotopic (exact) mass is 432 g/mol. The van der Waals surface area contributed by atoms with E-state index in [1.807, 2.05) is 0 Å². The molecular weight excluding hydrogens is 418 g/mol. The highest BCUT2D eigenvalue weighted by Crippen LogP contribution is 2.37. The second-order valence-corrected chi connectivity index (χ2v) is 7.95. The Labute approximate surface area is 164 Å². The highest BCUT2D eigenvalue weighted by atomic mass is 32.1. The van der Waals surface area contributed by atoms with Crippen molar-refractivity contribution in [3.63, 3.8) is 0 Å². The molecule has 154 valence electrons. The second-order valence-electron chi connectivity index (χ2n) is 6.86. The lowest BCUT2D eigenvalue weighted by Gasteiger charge is -2.15. The molecule has 0 aliphatic heterocycles. The van der Waals surface area contributed by atoms with Gasteiger partial charge >= 0.3 is 12.4 Å². The van der Waals surface area contributed by atoms with Gasteiger partial charge < -0.3 is 0 Å². The number of aromatic nitrogens is 2. The summed E-state index contributed by atoms with van der Waals surface area (Å²) in [7, 11) is 0. The second kappa shape index (κ2) is 6.86. The van der Waals surface area contributed by atoms with Gasteiger partial charge in [-0.15, -0.1) is 11.3 Å². The zero-order valence-corrected chi connectivity index (χ0v) is 15.6. The van der Waals surface area contributed by atoms with E-state index < -0.39 is 29.3 Å². The molecule has 29 heavy (non-hydrogen) atoms. The van der Waals surface area contributed by atoms with Gasteiger partial charge in [-0.05, 0) is 55.5 Å². The number of benzene rings is 1. The summed E-state index contributed by atoms with van der Waals surface area (Å²) in [6, 6.07) is 3.02. The van der Waals surface area contributed by atoms with E-state index in [4.69, 9.17) is 0 Å². The van der Waals surface area contributed by atoms with Crippen molar-refractivity contribution in [1.82, 2.24) is 9.55 Å². The molecule has 0 N–H and O–H groups in total. The van der Waals surface area contributed by atoms with Crippen molar-refractivity contribution in [3.8, 4) is 5.69 Å². The molecule has 0 spiro atoms. The Morgan fingerprint density at radius 2 is 1.55 bits per heavy atom. The highest BCUT2D eigenvalue weighted by molar-refractivity contribution is 7.18. The van der Waals surface area contributed by atoms with Crippen LogP contribution in [0.15, 0.2) is 29.1 Å². The average Bonchev–Trinajstić information content (AvgIpc) is 2.82. The third-order valence-corrected chi connectivity index (χ3v) is 6.13. The van der Waals surface area contributed by atoms with E-state index in [1.54, 1.807) is 0 Å². The molecular formula is C19H14F6N2OS. The number of nitrogens with zero attached hydrogens (tertiary/aromatic N) is 2. The molecule has 1 aromatic carbocycles. The van der Waals surface area contributed by atoms with E-state index in [9.17, 15) is 31.1 Å². The molecule has 0 radical (unpaired) electrons. The van der Waals surface area contributed by atoms with Crippen LogP contribution in [0.2, 0.25) is 0 Å². The molecule has 1 aliphatic carbocycles. The Bertz CT molecular complexity index is 1130. The summed E-state index contributed by atoms with van der Waals surface area (Å²) >= 11 is 1.09. The molecule has 0 atom stereocenters. The number of aryl methyl sites for hydroxylation is 2. The van der Waals surface area contributed by atoms with Gasteiger partial charge in [0.1, 0.15) is 4.83 Å². The number of halogens is 6. The SMILES string of the molecule is O=c1c2c3c(sc2nc(C(F)(F)F)n1-c1ccc(C(F)(F)F)cc1)CCCCC3. The molecule has 2 aromatic heterocycles. The zero-order chi connectivity index (χ0) is 21.0. The van der Waals surface area contributed by atoms with Gasteiger partial charge in [-0.2, -0.15) is 26.3 Å². The molecule has 3 nitrogen and oxygen atoms in total. The van der Waals surface area contributed by atoms with Crippen molar-refractivity contribution in [2.75, 3.05) is 0 Å². The van der Waals surface area contributed by atoms with Crippen LogP contribution in [0.3, 0.4) is 0 Å². The van der Waals surface area contributed by atoms with Crippen LogP contribution in [0.25, 0.3) is 15.9 Å². The normalized spacial score (nSPS) is 15.4. The van der Waals surface area contributed by atoms with E-state index in [-0.39, 0.29) is 15.9 Å². The topological polar surface area (TPSA) is 34.9 Å². The summed E-state index contributed by atoms with van der Waals surface area (Å²) < 4.78 is 79.8. The molecule has 0 saturated heterocycles. The van der Waals surface area contributed by atoms with Crippen LogP contribution >= 0.6 is 11.3 Å². The lowest BCUT2D eigenvalue weighted by atomic mass is 10.1. The van der Waals surface area contributed by atoms with E-state index >= 15 is 0 Å². The van der Waals surface area contributed by atoms with Gasteiger partial charge in [0.25, 0.3) is 5.56 Å². The lowest BCUT2D eigenvalue weighted by molar-refractivity contribution is -0.146. The minimum Gasteiger partial charge on any atom is -0.268 e. The van der Waals surface area contributed by atoms with Crippen LogP contribution in [0.5, 0.6) is 0 Å². The minimum atomic E-state index is -4.95. The van der Waals surface area contributed by atoms with Crippen molar-refractivity contribution >= 4 is 21.6 Å². The first-order chi connectivity index (χ1) is 13.6. The largest absolute Gasteiger partial charge is 0.450 e. The van der Waals surface area contributed by atoms with Crippen molar-refractivity contribution < 1.29 is 26.3 Å². The van der Waals surface area contributed by atoms with Gasteiger partial charge in [0.2, 0.25) is 5.82 Å². The van der Waals surface area contributed by atoms with Crippen LogP contribution in [0.1, 0.15) is 41.1 Å². The lowest BCUT2D eigenvalue weighted by Crippen LogP contribution is -2.28. The maximum Gasteiger partial charge on any atom is 0.450 e. The molecule has 10 heteroatoms. The van der Waals surface area contributed by atoms with Crippen LogP contribution in [-0.2, 0) is 25.2 Å². The van der Waals surface area contributed by atoms with Gasteiger partial charge in [-0.25, -0.2) is 4.98 Å². The summed E-state index contributed by atoms with van der Waals surface area (Å²) in [5.74, 6) is -1.44. The first kappa shape index (κ1) is 19.9. The quantitative estimate of drug-likeness (QED) is 0.362. The molecule has 2 heterocycles. The first-order valence-electron chi connectivity index (χ1n) is 8.89. The highest BCUT2D eigenvalue weighted by Gasteiger charge is 2.39. The summed E-state index contributed by atoms with van der Waals surface area (Å²) in [6.45, 7) is 0. The fraction of sp³-hybridized carbons (Fsp3) is 0.368. The predicted molar refractivity (Wildman–Crippen MR) is 96.5 cm³/mol. The van der Waals surface area contributed by atoms with Gasteiger partial charge in [0.15, 0.2) is 0 Å². The van der Waals surface area contributed by atoms with Gasteiger partial charge in [-0.3, -0.25) is 9.36 Å². The number of hydrogen-bond acceptors (Lipinski definition) is 3. The first-order valence-corrected chi connectivity index (χ1v) is 9.71. The maximum absolute atomic E-state index is 13.7. The molecule has 0 fully saturated rings. The van der Waals surface area contributed by atoms with E-state index in [0.717, 1.165) is 53.2 Å². The van der Waals surface area contributed by atoms with Crippen LogP contribution in [0, 0.1) is 0 Å². The molecule has 4 rings (SSSR count). The van der Waals surface area contributed by atoms with Gasteiger partial charge in [-0.1, -0.05) is 6.42 Å². The Kier molecular flexibility index (Phi) is 4.71. The van der Waals surface area contributed by atoms with E-state index in [1.165, 1.54) is 0 Å². The van der Waals surface area contributed by atoms with Crippen LogP contribution in [0.4, 0.5) is 26.3 Å². The molecule has 0 amide bonds. The molecule has 0 saturated carbocycles. The summed E-state index contributed by atoms with van der Waals surface area (Å²) in [5.41, 5.74) is -1.50. The number of rotatable bonds is 1. The number of hydrogen-bond donors (Lipinski definition) is 0. The third kappa shape index (κ3) is 3.54. The van der Waals surface area contributed by atoms with Crippen molar-refractivity contribution in [2.24, 2.45) is 0 Å². The predicted octanol–water partition coefficient (Wildman–Crippen LogP) is 5.75. The smallest absolute Gasteiger partial charge is 0.268 e. The fourth-order valence-corrected chi connectivity index (χ4v) is 4.86. The van der Waals surface area contributed by atoms with Crippen LogP contribution < -0.4 is 5.56 Å². The average molecular weight is 432 g/mol. The van der Waals surface area contributed by atoms with Crippen molar-refractivity contribution in [3.05, 3.63) is 56.4 Å². The Morgan fingerprint density at radius 1 is 0.897 bits per heavy atom. The fourth-order valence-electron chi connectivity index (χ4n) is 3.61. The Hall–Kier alpha value is -2.36. The molecule has 0 bridgehead atoms. The Balaban J connectivity index is 2.00. The number of fused-ring (bicyclic) bond motifs is 3. The summed E-state index contributed by atoms with van der Waals surface area (Å²) in [5, 5.41) is 0.139. The zero-order valence-electron chi connectivity index (χ0n) is 14.8. The molecule has 3 aromatic rings. The molecule has 0 unspecified atom stereocenters. The van der Waals surface area contributed by atoms with Crippen molar-refractivity contribution in [2.45, 2.75) is 44.5 Å². The van der Waals surface area contributed by atoms with E-state index in [2.05, 4.69) is 4.98 Å². The summed E-state index contributed by atoms with van der Waals surface area (Å²) in [4.78, 5) is 17.7. The maximum atomic E-state index is 13.7. The van der Waals surface area contributed by atoms with E-state index in [0.29, 0.717) is 29.5 Å². The molecule has 1 aliphatic rings. The minimum absolute atomic E-state index is 0.0254. The Morgan fingerprint density at radius 3 is 2.17 bits per heavy atom. The number of thiophene rings is 1.